The van der Waals surface area contributed by atoms with Gasteiger partial charge in [-0.25, -0.2) is 16.8 Å². The van der Waals surface area contributed by atoms with Crippen LogP contribution in [0.25, 0.3) is 22.4 Å². The molecule has 0 atom stereocenters. The van der Waals surface area contributed by atoms with E-state index < -0.39 is 15.8 Å². The predicted octanol–water partition coefficient (Wildman–Crippen LogP) is 4.34. The third-order valence-electron chi connectivity index (χ3n) is 5.37. The van der Waals surface area contributed by atoms with Crippen molar-refractivity contribution in [3.05, 3.63) is 90.6 Å². The third-order valence-corrected chi connectivity index (χ3v) is 7.04. The summed E-state index contributed by atoms with van der Waals surface area (Å²) in [5.41, 5.74) is 2.55. The number of hydrogen-bond donors (Lipinski definition) is 1. The smallest absolute Gasteiger partial charge is 0.268 e. The molecule has 9 heteroatoms. The van der Waals surface area contributed by atoms with E-state index in [0.717, 1.165) is 9.54 Å². The van der Waals surface area contributed by atoms with E-state index in [2.05, 4.69) is 10.3 Å². The van der Waals surface area contributed by atoms with Crippen molar-refractivity contribution in [1.82, 2.24) is 14.3 Å². The lowest BCUT2D eigenvalue weighted by Crippen LogP contribution is -2.14. The molecule has 1 N–H and O–H groups in total. The van der Waals surface area contributed by atoms with Gasteiger partial charge in [-0.3, -0.25) is 4.98 Å². The van der Waals surface area contributed by atoms with Crippen LogP contribution in [0.3, 0.4) is 0 Å². The molecule has 35 heavy (non-hydrogen) atoms. The zero-order valence-corrected chi connectivity index (χ0v) is 20.3. The molecule has 0 spiro atoms. The first kappa shape index (κ1) is 24.6. The standard InChI is InChI=1S/C26H26FN3O4S/c1-28-15-19-12-26(24-8-3-4-9-25(24)27)30(18-19)35(31,32)23-7-5-6-20(14-23)21-13-22(17-29-16-21)34-11-10-33-2/h3-9,12-14,16-18,28H,10-11,15H2,1-2H3. The molecule has 0 amide bonds. The molecule has 0 radical (unpaired) electrons. The van der Waals surface area contributed by atoms with Crippen molar-refractivity contribution in [3.8, 4) is 28.1 Å². The molecule has 0 saturated carbocycles. The summed E-state index contributed by atoms with van der Waals surface area (Å²) in [5.74, 6) is 0.0555. The highest BCUT2D eigenvalue weighted by Gasteiger charge is 2.23. The summed E-state index contributed by atoms with van der Waals surface area (Å²) in [6, 6.07) is 16.2. The van der Waals surface area contributed by atoms with Crippen molar-refractivity contribution in [2.75, 3.05) is 27.4 Å². The Labute approximate surface area is 204 Å². The molecule has 2 aromatic heterocycles. The number of rotatable bonds is 10. The van der Waals surface area contributed by atoms with Gasteiger partial charge in [0.05, 0.1) is 23.4 Å². The fourth-order valence-electron chi connectivity index (χ4n) is 3.71. The highest BCUT2D eigenvalue weighted by molar-refractivity contribution is 7.90. The third kappa shape index (κ3) is 5.43. The van der Waals surface area contributed by atoms with E-state index in [9.17, 15) is 12.8 Å². The van der Waals surface area contributed by atoms with Crippen LogP contribution >= 0.6 is 0 Å². The average Bonchev–Trinajstić information content (AvgIpc) is 3.30. The van der Waals surface area contributed by atoms with E-state index >= 15 is 0 Å². The number of hydrogen-bond acceptors (Lipinski definition) is 6. The van der Waals surface area contributed by atoms with Gasteiger partial charge in [-0.05, 0) is 54.6 Å². The number of nitrogens with one attached hydrogen (secondary N) is 1. The van der Waals surface area contributed by atoms with Crippen molar-refractivity contribution < 1.29 is 22.3 Å². The number of halogens is 1. The minimum absolute atomic E-state index is 0.0740. The highest BCUT2D eigenvalue weighted by atomic mass is 32.2. The molecule has 4 rings (SSSR count). The Morgan fingerprint density at radius 1 is 1.00 bits per heavy atom. The summed E-state index contributed by atoms with van der Waals surface area (Å²) >= 11 is 0. The van der Waals surface area contributed by atoms with E-state index in [1.165, 1.54) is 18.3 Å². The zero-order valence-electron chi connectivity index (χ0n) is 19.4. The Morgan fingerprint density at radius 3 is 2.60 bits per heavy atom. The average molecular weight is 496 g/mol. The summed E-state index contributed by atoms with van der Waals surface area (Å²) in [7, 11) is -0.682. The van der Waals surface area contributed by atoms with Gasteiger partial charge in [0.1, 0.15) is 18.2 Å². The Kier molecular flexibility index (Phi) is 7.60. The van der Waals surface area contributed by atoms with Crippen LogP contribution in [0.2, 0.25) is 0 Å². The lowest BCUT2D eigenvalue weighted by Gasteiger charge is -2.13. The van der Waals surface area contributed by atoms with Crippen LogP contribution in [-0.2, 0) is 21.3 Å². The van der Waals surface area contributed by atoms with E-state index in [1.807, 2.05) is 0 Å². The lowest BCUT2D eigenvalue weighted by atomic mass is 10.1. The topological polar surface area (TPSA) is 82.5 Å². The molecule has 0 aliphatic heterocycles. The minimum atomic E-state index is -4.04. The van der Waals surface area contributed by atoms with Crippen molar-refractivity contribution in [3.63, 3.8) is 0 Å². The number of methoxy groups -OCH3 is 1. The molecule has 0 saturated heterocycles. The first-order chi connectivity index (χ1) is 16.9. The van der Waals surface area contributed by atoms with E-state index in [0.29, 0.717) is 36.6 Å². The first-order valence-electron chi connectivity index (χ1n) is 11.0. The maximum absolute atomic E-state index is 14.6. The maximum Gasteiger partial charge on any atom is 0.268 e. The predicted molar refractivity (Wildman–Crippen MR) is 132 cm³/mol. The quantitative estimate of drug-likeness (QED) is 0.330. The Morgan fingerprint density at radius 2 is 1.83 bits per heavy atom. The number of nitrogens with zero attached hydrogens (tertiary/aromatic N) is 2. The number of benzene rings is 2. The second-order valence-corrected chi connectivity index (χ2v) is 9.64. The molecule has 0 aliphatic carbocycles. The van der Waals surface area contributed by atoms with Crippen LogP contribution in [0.1, 0.15) is 5.56 Å². The van der Waals surface area contributed by atoms with Crippen molar-refractivity contribution in [1.29, 1.82) is 0 Å². The highest BCUT2D eigenvalue weighted by Crippen LogP contribution is 2.31. The van der Waals surface area contributed by atoms with Gasteiger partial charge >= 0.3 is 0 Å². The van der Waals surface area contributed by atoms with Crippen LogP contribution < -0.4 is 10.1 Å². The summed E-state index contributed by atoms with van der Waals surface area (Å²) < 4.78 is 53.9. The van der Waals surface area contributed by atoms with Crippen LogP contribution in [0, 0.1) is 5.82 Å². The largest absolute Gasteiger partial charge is 0.490 e. The first-order valence-corrected chi connectivity index (χ1v) is 12.4. The van der Waals surface area contributed by atoms with Gasteiger partial charge < -0.3 is 14.8 Å². The molecule has 0 fully saturated rings. The van der Waals surface area contributed by atoms with E-state index in [-0.39, 0.29) is 16.2 Å². The Hall–Kier alpha value is -3.53. The van der Waals surface area contributed by atoms with Gasteiger partial charge in [-0.2, -0.15) is 0 Å². The van der Waals surface area contributed by atoms with Crippen molar-refractivity contribution >= 4 is 10.0 Å². The molecule has 2 heterocycles. The van der Waals surface area contributed by atoms with Crippen molar-refractivity contribution in [2.24, 2.45) is 0 Å². The maximum atomic E-state index is 14.6. The molecule has 4 aromatic rings. The van der Waals surface area contributed by atoms with Gasteiger partial charge in [-0.15, -0.1) is 0 Å². The Balaban J connectivity index is 1.75. The van der Waals surface area contributed by atoms with Crippen LogP contribution in [0.4, 0.5) is 4.39 Å². The minimum Gasteiger partial charge on any atom is -0.490 e. The molecule has 0 aliphatic rings. The van der Waals surface area contributed by atoms with E-state index in [4.69, 9.17) is 9.47 Å². The molecule has 0 bridgehead atoms. The van der Waals surface area contributed by atoms with Gasteiger partial charge in [-0.1, -0.05) is 24.3 Å². The molecule has 0 unspecified atom stereocenters. The van der Waals surface area contributed by atoms with Crippen LogP contribution in [0.5, 0.6) is 5.75 Å². The van der Waals surface area contributed by atoms with Gasteiger partial charge in [0.15, 0.2) is 0 Å². The molecule has 182 valence electrons. The Bertz CT molecular complexity index is 1420. The number of aromatic nitrogens is 2. The molecule has 7 nitrogen and oxygen atoms in total. The summed E-state index contributed by atoms with van der Waals surface area (Å²) in [5, 5.41) is 3.01. The number of ether oxygens (including phenoxy) is 2. The normalized spacial score (nSPS) is 11.5. The van der Waals surface area contributed by atoms with Gasteiger partial charge in [0.2, 0.25) is 0 Å². The SMILES string of the molecule is CNCc1cc(-c2ccccc2F)n(S(=O)(=O)c2cccc(-c3cncc(OCCOC)c3)c2)c1. The van der Waals surface area contributed by atoms with Crippen LogP contribution in [-0.4, -0.2) is 44.7 Å². The molecular weight excluding hydrogens is 469 g/mol. The van der Waals surface area contributed by atoms with Gasteiger partial charge in [0, 0.05) is 37.2 Å². The monoisotopic (exact) mass is 495 g/mol. The molecular formula is C26H26FN3O4S. The fourth-order valence-corrected chi connectivity index (χ4v) is 5.15. The van der Waals surface area contributed by atoms with Gasteiger partial charge in [0.25, 0.3) is 10.0 Å². The second-order valence-electron chi connectivity index (χ2n) is 7.82. The summed E-state index contributed by atoms with van der Waals surface area (Å²) in [4.78, 5) is 4.28. The van der Waals surface area contributed by atoms with E-state index in [1.54, 1.807) is 75.1 Å². The molecule has 2 aromatic carbocycles. The van der Waals surface area contributed by atoms with Crippen LogP contribution in [0.15, 0.2) is 84.1 Å². The summed E-state index contributed by atoms with van der Waals surface area (Å²) in [6.07, 6.45) is 4.75. The second kappa shape index (κ2) is 10.8. The van der Waals surface area contributed by atoms with Crippen molar-refractivity contribution in [2.45, 2.75) is 11.4 Å². The zero-order chi connectivity index (χ0) is 24.8. The lowest BCUT2D eigenvalue weighted by molar-refractivity contribution is 0.146. The summed E-state index contributed by atoms with van der Waals surface area (Å²) in [6.45, 7) is 1.25. The fraction of sp³-hybridized carbons (Fsp3) is 0.192. The number of pyridine rings is 1.